The van der Waals surface area contributed by atoms with E-state index >= 15 is 0 Å². The summed E-state index contributed by atoms with van der Waals surface area (Å²) in [4.78, 5) is 44.4. The van der Waals surface area contributed by atoms with Crippen LogP contribution >= 0.6 is 0 Å². The monoisotopic (exact) mass is 733 g/mol. The lowest BCUT2D eigenvalue weighted by molar-refractivity contribution is -0.138. The van der Waals surface area contributed by atoms with E-state index in [1.807, 2.05) is 0 Å². The Morgan fingerprint density at radius 3 is 2.15 bits per heavy atom. The predicted molar refractivity (Wildman–Crippen MR) is 193 cm³/mol. The molecule has 4 aromatic rings. The Labute approximate surface area is 306 Å². The number of esters is 1. The number of pyridine rings is 1. The molecule has 0 fully saturated rings. The van der Waals surface area contributed by atoms with Crippen molar-refractivity contribution >= 4 is 23.5 Å². The summed E-state index contributed by atoms with van der Waals surface area (Å²) in [6.07, 6.45) is 1.79. The van der Waals surface area contributed by atoms with Crippen LogP contribution in [0.15, 0.2) is 97.4 Å². The Bertz CT molecular complexity index is 1850. The number of ether oxygens (including phenoxy) is 3. The fourth-order valence-corrected chi connectivity index (χ4v) is 5.29. The van der Waals surface area contributed by atoms with Crippen LogP contribution in [0.5, 0.6) is 17.2 Å². The minimum Gasteiger partial charge on any atom is -0.511 e. The van der Waals surface area contributed by atoms with E-state index in [0.29, 0.717) is 23.6 Å². The molecule has 0 unspecified atom stereocenters. The van der Waals surface area contributed by atoms with E-state index in [1.54, 1.807) is 30.3 Å². The van der Waals surface area contributed by atoms with Crippen molar-refractivity contribution in [1.29, 1.82) is 0 Å². The first-order valence-corrected chi connectivity index (χ1v) is 17.1. The fraction of sp³-hybridized carbons (Fsp3) is 0.300. The number of carbonyl (C=O) groups excluding carboxylic acids is 3. The fourth-order valence-electron chi connectivity index (χ4n) is 5.29. The second kappa shape index (κ2) is 19.1. The molecule has 3 aromatic carbocycles. The number of alkyl halides is 3. The quantitative estimate of drug-likeness (QED) is 0.0592. The second-order valence-corrected chi connectivity index (χ2v) is 12.2. The molecule has 1 heterocycles. The standard InChI is InChI=1S/C40H42F3N3O7/c1-4-5-6-7-8-21-52-33-17-11-29(12-18-33)39(50)53-35-20-16-32(44-24-35)26-46(25-27(2)47)38(49)28-9-14-31(15-10-28)45-37(48)22-30-13-19-34(51-3)23-36(30)40(41,42)43/h9-20,23-24,47H,2,4-8,21-22,25-26H2,1,3H3,(H,45,48). The molecule has 2 amide bonds. The number of nitrogens with zero attached hydrogens (tertiary/aromatic N) is 2. The van der Waals surface area contributed by atoms with E-state index in [1.165, 1.54) is 79.9 Å². The Kier molecular flexibility index (Phi) is 14.4. The van der Waals surface area contributed by atoms with E-state index in [-0.39, 0.29) is 47.2 Å². The maximum absolute atomic E-state index is 13.6. The van der Waals surface area contributed by atoms with Gasteiger partial charge in [0.25, 0.3) is 5.91 Å². The Balaban J connectivity index is 1.32. The number of rotatable bonds is 18. The number of anilines is 1. The van der Waals surface area contributed by atoms with Crippen LogP contribution in [0.4, 0.5) is 18.9 Å². The smallest absolute Gasteiger partial charge is 0.416 e. The van der Waals surface area contributed by atoms with Crippen molar-refractivity contribution in [1.82, 2.24) is 9.88 Å². The zero-order chi connectivity index (χ0) is 38.4. The summed E-state index contributed by atoms with van der Waals surface area (Å²) in [5.74, 6) is -1.16. The molecular weight excluding hydrogens is 691 g/mol. The number of methoxy groups -OCH3 is 1. The van der Waals surface area contributed by atoms with Gasteiger partial charge in [-0.3, -0.25) is 14.6 Å². The molecule has 0 aliphatic rings. The van der Waals surface area contributed by atoms with Crippen LogP contribution < -0.4 is 19.5 Å². The van der Waals surface area contributed by atoms with Crippen molar-refractivity contribution < 1.29 is 46.9 Å². The largest absolute Gasteiger partial charge is 0.511 e. The number of hydrogen-bond donors (Lipinski definition) is 2. The van der Waals surface area contributed by atoms with Crippen molar-refractivity contribution in [3.63, 3.8) is 0 Å². The summed E-state index contributed by atoms with van der Waals surface area (Å²) in [6, 6.07) is 18.9. The van der Waals surface area contributed by atoms with Gasteiger partial charge in [0, 0.05) is 11.3 Å². The summed E-state index contributed by atoms with van der Waals surface area (Å²) in [5.41, 5.74) is 0.0291. The van der Waals surface area contributed by atoms with Gasteiger partial charge in [-0.15, -0.1) is 0 Å². The van der Waals surface area contributed by atoms with Crippen molar-refractivity contribution in [3.8, 4) is 17.2 Å². The third-order valence-corrected chi connectivity index (χ3v) is 8.02. The molecule has 0 spiro atoms. The number of aromatic nitrogens is 1. The summed E-state index contributed by atoms with van der Waals surface area (Å²) >= 11 is 0. The Morgan fingerprint density at radius 2 is 1.53 bits per heavy atom. The molecule has 53 heavy (non-hydrogen) atoms. The maximum atomic E-state index is 13.6. The number of carbonyl (C=O) groups is 3. The lowest BCUT2D eigenvalue weighted by Gasteiger charge is -2.22. The van der Waals surface area contributed by atoms with E-state index in [9.17, 15) is 32.7 Å². The second-order valence-electron chi connectivity index (χ2n) is 12.2. The SMILES string of the molecule is C=C(O)CN(Cc1ccc(OC(=O)c2ccc(OCCCCCCC)cc2)cn1)C(=O)c1ccc(NC(=O)Cc2ccc(OC)cc2C(F)(F)F)cc1. The molecule has 280 valence electrons. The van der Waals surface area contributed by atoms with Crippen LogP contribution in [0.2, 0.25) is 0 Å². The Hall–Kier alpha value is -5.85. The molecule has 0 aliphatic heterocycles. The van der Waals surface area contributed by atoms with Gasteiger partial charge in [0.15, 0.2) is 0 Å². The predicted octanol–water partition coefficient (Wildman–Crippen LogP) is 8.57. The van der Waals surface area contributed by atoms with Gasteiger partial charge in [-0.1, -0.05) is 45.3 Å². The molecule has 2 N–H and O–H groups in total. The highest BCUT2D eigenvalue weighted by Gasteiger charge is 2.34. The summed E-state index contributed by atoms with van der Waals surface area (Å²) < 4.78 is 56.8. The average Bonchev–Trinajstić information content (AvgIpc) is 3.13. The van der Waals surface area contributed by atoms with Crippen molar-refractivity contribution in [3.05, 3.63) is 125 Å². The molecule has 1 aromatic heterocycles. The molecule has 0 bridgehead atoms. The number of aliphatic hydroxyl groups is 1. The highest BCUT2D eigenvalue weighted by molar-refractivity contribution is 5.96. The maximum Gasteiger partial charge on any atom is 0.416 e. The number of amides is 2. The van der Waals surface area contributed by atoms with Gasteiger partial charge in [-0.25, -0.2) is 4.79 Å². The highest BCUT2D eigenvalue weighted by Crippen LogP contribution is 2.35. The summed E-state index contributed by atoms with van der Waals surface area (Å²) in [5, 5.41) is 12.5. The lowest BCUT2D eigenvalue weighted by Crippen LogP contribution is -2.32. The molecule has 0 radical (unpaired) electrons. The van der Waals surface area contributed by atoms with Crippen LogP contribution in [0.1, 0.15) is 76.6 Å². The normalized spacial score (nSPS) is 11.0. The van der Waals surface area contributed by atoms with Crippen molar-refractivity contribution in [2.24, 2.45) is 0 Å². The van der Waals surface area contributed by atoms with E-state index < -0.39 is 35.9 Å². The van der Waals surface area contributed by atoms with Gasteiger partial charge < -0.3 is 29.5 Å². The third-order valence-electron chi connectivity index (χ3n) is 8.02. The van der Waals surface area contributed by atoms with Gasteiger partial charge in [-0.05, 0) is 84.8 Å². The van der Waals surface area contributed by atoms with Crippen molar-refractivity contribution in [2.75, 3.05) is 25.6 Å². The molecule has 0 saturated heterocycles. The minimum atomic E-state index is -4.68. The van der Waals surface area contributed by atoms with Crippen LogP contribution in [0.25, 0.3) is 0 Å². The number of aliphatic hydroxyl groups excluding tert-OH is 1. The van der Waals surface area contributed by atoms with Gasteiger partial charge in [0.1, 0.15) is 23.0 Å². The molecule has 0 saturated carbocycles. The van der Waals surface area contributed by atoms with Crippen molar-refractivity contribution in [2.45, 2.75) is 58.2 Å². The molecule has 13 heteroatoms. The first kappa shape index (κ1) is 39.9. The van der Waals surface area contributed by atoms with Gasteiger partial charge in [0.05, 0.1) is 56.2 Å². The number of hydrogen-bond acceptors (Lipinski definition) is 8. The number of unbranched alkanes of at least 4 members (excludes halogenated alkanes) is 4. The number of nitrogens with one attached hydrogen (secondary N) is 1. The summed E-state index contributed by atoms with van der Waals surface area (Å²) in [7, 11) is 1.25. The zero-order valence-electron chi connectivity index (χ0n) is 29.6. The third kappa shape index (κ3) is 12.4. The molecule has 10 nitrogen and oxygen atoms in total. The molecule has 0 aliphatic carbocycles. The van der Waals surface area contributed by atoms with Gasteiger partial charge in [0.2, 0.25) is 5.91 Å². The summed E-state index contributed by atoms with van der Waals surface area (Å²) in [6.45, 7) is 6.02. The average molecular weight is 734 g/mol. The van der Waals surface area contributed by atoms with Gasteiger partial charge in [-0.2, -0.15) is 13.2 Å². The first-order valence-electron chi connectivity index (χ1n) is 17.1. The highest BCUT2D eigenvalue weighted by atomic mass is 19.4. The topological polar surface area (TPSA) is 127 Å². The number of halogens is 3. The lowest BCUT2D eigenvalue weighted by atomic mass is 10.0. The molecular formula is C40H42F3N3O7. The van der Waals surface area contributed by atoms with E-state index in [2.05, 4.69) is 23.8 Å². The van der Waals surface area contributed by atoms with Crippen LogP contribution in [-0.4, -0.2) is 53.0 Å². The Morgan fingerprint density at radius 1 is 0.868 bits per heavy atom. The molecule has 0 atom stereocenters. The minimum absolute atomic E-state index is 0.0149. The van der Waals surface area contributed by atoms with Crippen LogP contribution in [-0.2, 0) is 23.9 Å². The number of benzene rings is 3. The molecule has 4 rings (SSSR count). The van der Waals surface area contributed by atoms with Crippen LogP contribution in [0.3, 0.4) is 0 Å². The zero-order valence-corrected chi connectivity index (χ0v) is 29.6. The van der Waals surface area contributed by atoms with E-state index in [0.717, 1.165) is 18.9 Å². The van der Waals surface area contributed by atoms with Crippen LogP contribution in [0, 0.1) is 0 Å². The van der Waals surface area contributed by atoms with Gasteiger partial charge >= 0.3 is 12.1 Å². The first-order chi connectivity index (χ1) is 25.4. The van der Waals surface area contributed by atoms with E-state index in [4.69, 9.17) is 14.2 Å².